The maximum Gasteiger partial charge on any atom is 0.0409 e. The van der Waals surface area contributed by atoms with Crippen molar-refractivity contribution in [2.75, 3.05) is 6.54 Å². The summed E-state index contributed by atoms with van der Waals surface area (Å²) in [6.07, 6.45) is 5.34. The molecule has 0 fully saturated rings. The highest BCUT2D eigenvalue weighted by Crippen LogP contribution is 2.25. The minimum atomic E-state index is 0.402. The zero-order valence-corrected chi connectivity index (χ0v) is 11.6. The van der Waals surface area contributed by atoms with Crippen molar-refractivity contribution in [2.45, 2.75) is 39.2 Å². The van der Waals surface area contributed by atoms with Crippen LogP contribution in [0.15, 0.2) is 30.9 Å². The summed E-state index contributed by atoms with van der Waals surface area (Å²) >= 11 is 6.08. The van der Waals surface area contributed by atoms with Gasteiger partial charge in [0.2, 0.25) is 0 Å². The Morgan fingerprint density at radius 2 is 2.24 bits per heavy atom. The van der Waals surface area contributed by atoms with Gasteiger partial charge in [-0.05, 0) is 56.0 Å². The molecule has 0 heterocycles. The lowest BCUT2D eigenvalue weighted by Crippen LogP contribution is -2.21. The second kappa shape index (κ2) is 7.52. The van der Waals surface area contributed by atoms with Crippen LogP contribution in [0.1, 0.15) is 43.4 Å². The Kier molecular flexibility index (Phi) is 6.31. The molecule has 1 rings (SSSR count). The number of rotatable bonds is 7. The van der Waals surface area contributed by atoms with Crippen molar-refractivity contribution in [3.05, 3.63) is 47.0 Å². The molecule has 0 spiro atoms. The molecule has 17 heavy (non-hydrogen) atoms. The van der Waals surface area contributed by atoms with Crippen LogP contribution in [0.2, 0.25) is 5.02 Å². The van der Waals surface area contributed by atoms with E-state index in [4.69, 9.17) is 11.6 Å². The van der Waals surface area contributed by atoms with Gasteiger partial charge in [-0.25, -0.2) is 0 Å². The summed E-state index contributed by atoms with van der Waals surface area (Å²) in [6.45, 7) is 9.02. The lowest BCUT2D eigenvalue weighted by Gasteiger charge is -2.20. The van der Waals surface area contributed by atoms with Crippen LogP contribution in [-0.2, 0) is 0 Å². The molecule has 0 bridgehead atoms. The zero-order valence-electron chi connectivity index (χ0n) is 10.8. The van der Waals surface area contributed by atoms with Gasteiger partial charge in [-0.3, -0.25) is 0 Å². The van der Waals surface area contributed by atoms with E-state index in [1.54, 1.807) is 0 Å². The standard InChI is InChI=1S/C15H22ClN/c1-4-6-7-8-15(17-5-2)14-11-13(16)10-9-12(14)3/h4,9-11,15,17H,1,5-8H2,2-3H3. The molecule has 0 aliphatic heterocycles. The van der Waals surface area contributed by atoms with Crippen molar-refractivity contribution < 1.29 is 0 Å². The first-order chi connectivity index (χ1) is 8.19. The molecule has 1 N–H and O–H groups in total. The number of unbranched alkanes of at least 4 members (excludes halogenated alkanes) is 1. The molecule has 1 nitrogen and oxygen atoms in total. The molecule has 0 saturated carbocycles. The van der Waals surface area contributed by atoms with Gasteiger partial charge in [0, 0.05) is 11.1 Å². The van der Waals surface area contributed by atoms with Gasteiger partial charge in [0.1, 0.15) is 0 Å². The number of halogens is 1. The smallest absolute Gasteiger partial charge is 0.0409 e. The lowest BCUT2D eigenvalue weighted by molar-refractivity contribution is 0.498. The van der Waals surface area contributed by atoms with Gasteiger partial charge in [-0.1, -0.05) is 30.7 Å². The Hall–Kier alpha value is -0.790. The Labute approximate surface area is 110 Å². The molecule has 1 aromatic carbocycles. The topological polar surface area (TPSA) is 12.0 Å². The van der Waals surface area contributed by atoms with Gasteiger partial charge in [0.25, 0.3) is 0 Å². The first kappa shape index (κ1) is 14.3. The summed E-state index contributed by atoms with van der Waals surface area (Å²) < 4.78 is 0. The van der Waals surface area contributed by atoms with Crippen LogP contribution >= 0.6 is 11.6 Å². The van der Waals surface area contributed by atoms with Crippen LogP contribution in [0, 0.1) is 6.92 Å². The van der Waals surface area contributed by atoms with E-state index in [0.717, 1.165) is 30.8 Å². The van der Waals surface area contributed by atoms with Crippen LogP contribution in [0.4, 0.5) is 0 Å². The lowest BCUT2D eigenvalue weighted by atomic mass is 9.97. The Morgan fingerprint density at radius 3 is 2.88 bits per heavy atom. The average molecular weight is 252 g/mol. The van der Waals surface area contributed by atoms with E-state index in [1.807, 2.05) is 12.1 Å². The molecule has 2 heteroatoms. The molecular formula is C15H22ClN. The molecule has 0 radical (unpaired) electrons. The van der Waals surface area contributed by atoms with E-state index in [9.17, 15) is 0 Å². The van der Waals surface area contributed by atoms with Crippen LogP contribution in [0.25, 0.3) is 0 Å². The van der Waals surface area contributed by atoms with Gasteiger partial charge >= 0.3 is 0 Å². The minimum Gasteiger partial charge on any atom is -0.310 e. The monoisotopic (exact) mass is 251 g/mol. The fourth-order valence-corrected chi connectivity index (χ4v) is 2.25. The second-order valence-electron chi connectivity index (χ2n) is 4.33. The van der Waals surface area contributed by atoms with Crippen LogP contribution < -0.4 is 5.32 Å². The molecular weight excluding hydrogens is 230 g/mol. The quantitative estimate of drug-likeness (QED) is 0.549. The first-order valence-electron chi connectivity index (χ1n) is 6.29. The summed E-state index contributed by atoms with van der Waals surface area (Å²) in [6, 6.07) is 6.53. The Bertz CT molecular complexity index is 360. The number of hydrogen-bond acceptors (Lipinski definition) is 1. The molecule has 0 saturated heterocycles. The van der Waals surface area contributed by atoms with Gasteiger partial charge in [-0.15, -0.1) is 6.58 Å². The Morgan fingerprint density at radius 1 is 1.47 bits per heavy atom. The van der Waals surface area contributed by atoms with Gasteiger partial charge < -0.3 is 5.32 Å². The average Bonchev–Trinajstić information content (AvgIpc) is 2.32. The number of benzene rings is 1. The SMILES string of the molecule is C=CCCCC(NCC)c1cc(Cl)ccc1C. The Balaban J connectivity index is 2.80. The largest absolute Gasteiger partial charge is 0.310 e. The van der Waals surface area contributed by atoms with Crippen molar-refractivity contribution in [2.24, 2.45) is 0 Å². The molecule has 0 aliphatic rings. The van der Waals surface area contributed by atoms with E-state index >= 15 is 0 Å². The van der Waals surface area contributed by atoms with Crippen molar-refractivity contribution in [3.8, 4) is 0 Å². The van der Waals surface area contributed by atoms with E-state index < -0.39 is 0 Å². The fraction of sp³-hybridized carbons (Fsp3) is 0.467. The second-order valence-corrected chi connectivity index (χ2v) is 4.77. The van der Waals surface area contributed by atoms with Gasteiger partial charge in [0.05, 0.1) is 0 Å². The summed E-state index contributed by atoms with van der Waals surface area (Å²) in [5, 5.41) is 4.35. The molecule has 94 valence electrons. The molecule has 1 unspecified atom stereocenters. The number of hydrogen-bond donors (Lipinski definition) is 1. The van der Waals surface area contributed by atoms with Gasteiger partial charge in [-0.2, -0.15) is 0 Å². The van der Waals surface area contributed by atoms with Crippen molar-refractivity contribution in [3.63, 3.8) is 0 Å². The summed E-state index contributed by atoms with van der Waals surface area (Å²) in [4.78, 5) is 0. The third-order valence-corrected chi connectivity index (χ3v) is 3.20. The molecule has 0 aromatic heterocycles. The summed E-state index contributed by atoms with van der Waals surface area (Å²) in [5.74, 6) is 0. The number of allylic oxidation sites excluding steroid dienone is 1. The fourth-order valence-electron chi connectivity index (χ4n) is 2.07. The third-order valence-electron chi connectivity index (χ3n) is 2.97. The molecule has 0 amide bonds. The van der Waals surface area contributed by atoms with Crippen LogP contribution in [-0.4, -0.2) is 6.54 Å². The predicted molar refractivity (Wildman–Crippen MR) is 76.7 cm³/mol. The number of nitrogens with one attached hydrogen (secondary N) is 1. The van der Waals surface area contributed by atoms with Gasteiger partial charge in [0.15, 0.2) is 0 Å². The van der Waals surface area contributed by atoms with Crippen molar-refractivity contribution in [1.82, 2.24) is 5.32 Å². The first-order valence-corrected chi connectivity index (χ1v) is 6.67. The van der Waals surface area contributed by atoms with E-state index in [-0.39, 0.29) is 0 Å². The summed E-state index contributed by atoms with van der Waals surface area (Å²) in [5.41, 5.74) is 2.63. The normalized spacial score (nSPS) is 12.4. The molecule has 1 atom stereocenters. The minimum absolute atomic E-state index is 0.402. The highest BCUT2D eigenvalue weighted by molar-refractivity contribution is 6.30. The van der Waals surface area contributed by atoms with E-state index in [2.05, 4.69) is 37.9 Å². The highest BCUT2D eigenvalue weighted by atomic mass is 35.5. The van der Waals surface area contributed by atoms with E-state index in [0.29, 0.717) is 6.04 Å². The van der Waals surface area contributed by atoms with Crippen LogP contribution in [0.5, 0.6) is 0 Å². The zero-order chi connectivity index (χ0) is 12.7. The van der Waals surface area contributed by atoms with Crippen molar-refractivity contribution >= 4 is 11.6 Å². The number of aryl methyl sites for hydroxylation is 1. The molecule has 0 aliphatic carbocycles. The molecule has 1 aromatic rings. The highest BCUT2D eigenvalue weighted by Gasteiger charge is 2.12. The van der Waals surface area contributed by atoms with Crippen LogP contribution in [0.3, 0.4) is 0 Å². The summed E-state index contributed by atoms with van der Waals surface area (Å²) in [7, 11) is 0. The maximum atomic E-state index is 6.08. The maximum absolute atomic E-state index is 6.08. The third kappa shape index (κ3) is 4.53. The predicted octanol–water partition coefficient (Wildman–Crippen LogP) is 4.66. The van der Waals surface area contributed by atoms with E-state index in [1.165, 1.54) is 11.1 Å². The van der Waals surface area contributed by atoms with Crippen molar-refractivity contribution in [1.29, 1.82) is 0 Å².